The van der Waals surface area contributed by atoms with Gasteiger partial charge in [0.05, 0.1) is 6.04 Å². The fraction of sp³-hybridized carbons (Fsp3) is 0.923. The zero-order valence-corrected chi connectivity index (χ0v) is 11.3. The van der Waals surface area contributed by atoms with Crippen LogP contribution in [0.1, 0.15) is 47.0 Å². The molecular weight excluding hydrogens is 200 g/mol. The van der Waals surface area contributed by atoms with E-state index in [9.17, 15) is 4.79 Å². The average Bonchev–Trinajstić information content (AvgIpc) is 2.27. The normalized spacial score (nSPS) is 26.6. The van der Waals surface area contributed by atoms with Gasteiger partial charge in [0.2, 0.25) is 5.91 Å². The van der Waals surface area contributed by atoms with Gasteiger partial charge in [0.1, 0.15) is 0 Å². The summed E-state index contributed by atoms with van der Waals surface area (Å²) in [6.07, 6.45) is 3.33. The van der Waals surface area contributed by atoms with Crippen molar-refractivity contribution in [2.24, 2.45) is 5.92 Å². The summed E-state index contributed by atoms with van der Waals surface area (Å²) in [5, 5.41) is 3.35. The second kappa shape index (κ2) is 5.17. The second-order valence-corrected chi connectivity index (χ2v) is 5.61. The molecule has 1 N–H and O–H groups in total. The highest BCUT2D eigenvalue weighted by Crippen LogP contribution is 2.22. The van der Waals surface area contributed by atoms with Crippen molar-refractivity contribution in [1.29, 1.82) is 0 Å². The van der Waals surface area contributed by atoms with Gasteiger partial charge in [0, 0.05) is 12.6 Å². The first kappa shape index (κ1) is 13.5. The van der Waals surface area contributed by atoms with E-state index in [0.29, 0.717) is 5.92 Å². The minimum atomic E-state index is -0.0457. The van der Waals surface area contributed by atoms with Crippen LogP contribution in [0.3, 0.4) is 0 Å². The van der Waals surface area contributed by atoms with Crippen molar-refractivity contribution in [1.82, 2.24) is 10.2 Å². The first-order chi connectivity index (χ1) is 7.40. The van der Waals surface area contributed by atoms with Crippen LogP contribution in [0.15, 0.2) is 0 Å². The number of nitrogens with one attached hydrogen (secondary N) is 1. The van der Waals surface area contributed by atoms with Crippen LogP contribution in [-0.4, -0.2) is 36.0 Å². The van der Waals surface area contributed by atoms with Crippen molar-refractivity contribution < 1.29 is 4.79 Å². The van der Waals surface area contributed by atoms with E-state index in [1.54, 1.807) is 0 Å². The quantitative estimate of drug-likeness (QED) is 0.798. The van der Waals surface area contributed by atoms with Crippen LogP contribution in [0.5, 0.6) is 0 Å². The van der Waals surface area contributed by atoms with Crippen LogP contribution in [0, 0.1) is 5.92 Å². The van der Waals surface area contributed by atoms with Crippen molar-refractivity contribution in [3.63, 3.8) is 0 Å². The molecule has 1 heterocycles. The first-order valence-corrected chi connectivity index (χ1v) is 6.41. The van der Waals surface area contributed by atoms with Gasteiger partial charge in [0.25, 0.3) is 0 Å². The molecule has 0 radical (unpaired) electrons. The molecule has 1 aliphatic rings. The Morgan fingerprint density at radius 3 is 2.62 bits per heavy atom. The molecule has 0 aromatic carbocycles. The molecule has 0 aromatic rings. The predicted molar refractivity (Wildman–Crippen MR) is 67.3 cm³/mol. The van der Waals surface area contributed by atoms with Crippen LogP contribution < -0.4 is 5.32 Å². The highest BCUT2D eigenvalue weighted by atomic mass is 16.2. The lowest BCUT2D eigenvalue weighted by atomic mass is 9.90. The SMILES string of the molecule is CCC(C)(C)N(C)C(=O)C1NCCCC1C. The Hall–Kier alpha value is -0.570. The van der Waals surface area contributed by atoms with Gasteiger partial charge < -0.3 is 10.2 Å². The highest BCUT2D eigenvalue weighted by molar-refractivity contribution is 5.82. The number of hydrogen-bond acceptors (Lipinski definition) is 2. The lowest BCUT2D eigenvalue weighted by Gasteiger charge is -2.40. The van der Waals surface area contributed by atoms with Crippen LogP contribution in [0.2, 0.25) is 0 Å². The Labute approximate surface area is 99.6 Å². The van der Waals surface area contributed by atoms with E-state index in [1.165, 1.54) is 6.42 Å². The van der Waals surface area contributed by atoms with Gasteiger partial charge in [-0.2, -0.15) is 0 Å². The molecule has 0 bridgehead atoms. The number of carbonyl (C=O) groups is 1. The average molecular weight is 226 g/mol. The molecule has 2 atom stereocenters. The van der Waals surface area contributed by atoms with Crippen molar-refractivity contribution in [2.45, 2.75) is 58.5 Å². The van der Waals surface area contributed by atoms with Crippen LogP contribution in [0.25, 0.3) is 0 Å². The zero-order valence-electron chi connectivity index (χ0n) is 11.3. The highest BCUT2D eigenvalue weighted by Gasteiger charge is 2.34. The van der Waals surface area contributed by atoms with Gasteiger partial charge >= 0.3 is 0 Å². The van der Waals surface area contributed by atoms with Gasteiger partial charge in [-0.05, 0) is 45.6 Å². The van der Waals surface area contributed by atoms with Gasteiger partial charge in [-0.3, -0.25) is 4.79 Å². The van der Waals surface area contributed by atoms with Crippen LogP contribution >= 0.6 is 0 Å². The fourth-order valence-corrected chi connectivity index (χ4v) is 2.12. The Kier molecular flexibility index (Phi) is 4.36. The number of amides is 1. The maximum atomic E-state index is 12.4. The molecular formula is C13H26N2O. The van der Waals surface area contributed by atoms with Crippen LogP contribution in [-0.2, 0) is 4.79 Å². The molecule has 0 aliphatic carbocycles. The first-order valence-electron chi connectivity index (χ1n) is 6.41. The molecule has 0 aromatic heterocycles. The van der Waals surface area contributed by atoms with Crippen molar-refractivity contribution >= 4 is 5.91 Å². The summed E-state index contributed by atoms with van der Waals surface area (Å²) in [5.41, 5.74) is -0.0457. The smallest absolute Gasteiger partial charge is 0.240 e. The van der Waals surface area contributed by atoms with E-state index in [0.717, 1.165) is 19.4 Å². The zero-order chi connectivity index (χ0) is 12.3. The van der Waals surface area contributed by atoms with E-state index >= 15 is 0 Å². The molecule has 94 valence electrons. The van der Waals surface area contributed by atoms with Gasteiger partial charge in [0.15, 0.2) is 0 Å². The molecule has 16 heavy (non-hydrogen) atoms. The van der Waals surface area contributed by atoms with E-state index in [1.807, 2.05) is 11.9 Å². The molecule has 0 saturated carbocycles. The number of nitrogens with zero attached hydrogens (tertiary/aromatic N) is 1. The molecule has 1 fully saturated rings. The molecule has 2 unspecified atom stereocenters. The third kappa shape index (κ3) is 2.76. The molecule has 0 spiro atoms. The summed E-state index contributed by atoms with van der Waals surface area (Å²) >= 11 is 0. The Morgan fingerprint density at radius 2 is 2.12 bits per heavy atom. The van der Waals surface area contributed by atoms with E-state index in [-0.39, 0.29) is 17.5 Å². The number of hydrogen-bond donors (Lipinski definition) is 1. The maximum absolute atomic E-state index is 12.4. The number of piperidine rings is 1. The summed E-state index contributed by atoms with van der Waals surface area (Å²) in [6.45, 7) is 9.51. The van der Waals surface area contributed by atoms with Crippen molar-refractivity contribution in [2.75, 3.05) is 13.6 Å². The summed E-state index contributed by atoms with van der Waals surface area (Å²) < 4.78 is 0. The predicted octanol–water partition coefficient (Wildman–Crippen LogP) is 2.02. The van der Waals surface area contributed by atoms with E-state index in [4.69, 9.17) is 0 Å². The lowest BCUT2D eigenvalue weighted by molar-refractivity contribution is -0.138. The van der Waals surface area contributed by atoms with Crippen molar-refractivity contribution in [3.05, 3.63) is 0 Å². The molecule has 3 heteroatoms. The van der Waals surface area contributed by atoms with E-state index in [2.05, 4.69) is 33.0 Å². The third-order valence-corrected chi connectivity index (χ3v) is 4.14. The van der Waals surface area contributed by atoms with Crippen molar-refractivity contribution in [3.8, 4) is 0 Å². The largest absolute Gasteiger partial charge is 0.339 e. The van der Waals surface area contributed by atoms with Gasteiger partial charge in [-0.15, -0.1) is 0 Å². The third-order valence-electron chi connectivity index (χ3n) is 4.14. The maximum Gasteiger partial charge on any atom is 0.240 e. The van der Waals surface area contributed by atoms with Crippen LogP contribution in [0.4, 0.5) is 0 Å². The topological polar surface area (TPSA) is 32.3 Å². The Balaban J connectivity index is 2.69. The Bertz CT molecular complexity index is 246. The van der Waals surface area contributed by atoms with Gasteiger partial charge in [-0.25, -0.2) is 0 Å². The minimum absolute atomic E-state index is 0.0181. The number of rotatable bonds is 3. The monoisotopic (exact) mass is 226 g/mol. The summed E-state index contributed by atoms with van der Waals surface area (Å²) in [4.78, 5) is 14.3. The van der Waals surface area contributed by atoms with E-state index < -0.39 is 0 Å². The Morgan fingerprint density at radius 1 is 1.50 bits per heavy atom. The number of carbonyl (C=O) groups excluding carboxylic acids is 1. The summed E-state index contributed by atoms with van der Waals surface area (Å²) in [5.74, 6) is 0.704. The summed E-state index contributed by atoms with van der Waals surface area (Å²) in [7, 11) is 1.93. The molecule has 1 saturated heterocycles. The second-order valence-electron chi connectivity index (χ2n) is 5.61. The fourth-order valence-electron chi connectivity index (χ4n) is 2.12. The molecule has 1 aliphatic heterocycles. The summed E-state index contributed by atoms with van der Waals surface area (Å²) in [6, 6.07) is 0.0181. The molecule has 3 nitrogen and oxygen atoms in total. The molecule has 1 rings (SSSR count). The number of likely N-dealkylation sites (N-methyl/N-ethyl adjacent to an activating group) is 1. The molecule has 1 amide bonds. The minimum Gasteiger partial charge on any atom is -0.339 e. The lowest BCUT2D eigenvalue weighted by Crippen LogP contribution is -2.56. The standard InChI is InChI=1S/C13H26N2O/c1-6-13(3,4)15(5)12(16)11-10(2)8-7-9-14-11/h10-11,14H,6-9H2,1-5H3. The van der Waals surface area contributed by atoms with Gasteiger partial charge in [-0.1, -0.05) is 13.8 Å².